The summed E-state index contributed by atoms with van der Waals surface area (Å²) in [5.74, 6) is 0.671. The van der Waals surface area contributed by atoms with Gasteiger partial charge in [0.15, 0.2) is 0 Å². The van der Waals surface area contributed by atoms with Crippen LogP contribution in [0.25, 0.3) is 33.9 Å². The van der Waals surface area contributed by atoms with E-state index in [2.05, 4.69) is 4.98 Å². The first-order valence-electron chi connectivity index (χ1n) is 7.91. The van der Waals surface area contributed by atoms with E-state index in [4.69, 9.17) is 51.4 Å². The van der Waals surface area contributed by atoms with Crippen LogP contribution >= 0.6 is 69.1 Å². The van der Waals surface area contributed by atoms with Gasteiger partial charge in [-0.15, -0.1) is 22.7 Å². The summed E-state index contributed by atoms with van der Waals surface area (Å²) in [6.45, 7) is 4.08. The van der Waals surface area contributed by atoms with E-state index < -0.39 is 0 Å². The van der Waals surface area contributed by atoms with Crippen molar-refractivity contribution in [3.05, 3.63) is 58.8 Å². The molecule has 4 aromatic rings. The van der Waals surface area contributed by atoms with Crippen LogP contribution in [0, 0.1) is 13.8 Å². The number of halogens is 4. The van der Waals surface area contributed by atoms with Crippen LogP contribution in [0.5, 0.6) is 0 Å². The van der Waals surface area contributed by atoms with E-state index in [1.54, 1.807) is 12.1 Å². The number of H-pyrrole nitrogens is 1. The van der Waals surface area contributed by atoms with Crippen molar-refractivity contribution in [3.8, 4) is 33.9 Å². The minimum absolute atomic E-state index is 0.537. The lowest BCUT2D eigenvalue weighted by Crippen LogP contribution is -1.83. The lowest BCUT2D eigenvalue weighted by molar-refractivity contribution is 1.31. The number of benzene rings is 1. The number of nitrogens with zero attached hydrogens (tertiary/aromatic N) is 1. The Morgan fingerprint density at radius 2 is 1.44 bits per heavy atom. The van der Waals surface area contributed by atoms with Gasteiger partial charge in [0.05, 0.1) is 25.1 Å². The number of aromatic amines is 1. The monoisotopic (exact) mass is 472 g/mol. The number of hydrogen-bond donors (Lipinski definition) is 1. The molecule has 0 aliphatic rings. The number of nitrogens with one attached hydrogen (secondary N) is 1. The zero-order valence-electron chi connectivity index (χ0n) is 14.2. The molecule has 0 saturated heterocycles. The molecule has 27 heavy (non-hydrogen) atoms. The highest BCUT2D eigenvalue weighted by Crippen LogP contribution is 2.43. The summed E-state index contributed by atoms with van der Waals surface area (Å²) >= 11 is 28.0. The molecule has 0 atom stereocenters. The molecule has 0 aliphatic carbocycles. The Bertz CT molecular complexity index is 1090. The number of aryl methyl sites for hydroxylation is 2. The van der Waals surface area contributed by atoms with Crippen LogP contribution in [-0.4, -0.2) is 9.97 Å². The lowest BCUT2D eigenvalue weighted by atomic mass is 10.1. The molecule has 1 N–H and O–H groups in total. The maximum atomic E-state index is 6.41. The number of rotatable bonds is 3. The molecule has 0 amide bonds. The second-order valence-electron chi connectivity index (χ2n) is 5.97. The third-order valence-corrected chi connectivity index (χ3v) is 7.10. The Morgan fingerprint density at radius 3 is 2.00 bits per heavy atom. The maximum Gasteiger partial charge on any atom is 0.140 e. The van der Waals surface area contributed by atoms with E-state index >= 15 is 0 Å². The second-order valence-corrected chi connectivity index (χ2v) is 10.6. The van der Waals surface area contributed by atoms with Crippen LogP contribution in [-0.2, 0) is 0 Å². The van der Waals surface area contributed by atoms with Crippen LogP contribution in [0.15, 0.2) is 30.3 Å². The van der Waals surface area contributed by atoms with Crippen LogP contribution in [0.3, 0.4) is 0 Å². The molecule has 0 saturated carbocycles. The van der Waals surface area contributed by atoms with E-state index in [1.807, 2.05) is 32.0 Å². The number of imidazole rings is 1. The fraction of sp³-hybridized carbons (Fsp3) is 0.105. The van der Waals surface area contributed by atoms with Crippen molar-refractivity contribution in [1.29, 1.82) is 0 Å². The Kier molecular flexibility index (Phi) is 5.32. The molecule has 0 bridgehead atoms. The lowest BCUT2D eigenvalue weighted by Gasteiger charge is -2.02. The standard InChI is InChI=1S/C19H12Cl4N2S2/c1-8-12(6-15(22)26-8)17-18(13-7-16(23)27-9(13)2)25-19(24-17)11-4-3-10(20)5-14(11)21/h3-7H,1-2H3,(H,24,25). The third-order valence-electron chi connectivity index (χ3n) is 4.19. The van der Waals surface area contributed by atoms with E-state index in [0.717, 1.165) is 46.5 Å². The normalized spacial score (nSPS) is 11.3. The Hall–Kier alpha value is -1.01. The van der Waals surface area contributed by atoms with Crippen molar-refractivity contribution < 1.29 is 0 Å². The molecule has 0 spiro atoms. The Morgan fingerprint density at radius 1 is 0.815 bits per heavy atom. The fourth-order valence-corrected chi connectivity index (χ4v) is 5.83. The minimum Gasteiger partial charge on any atom is -0.337 e. The van der Waals surface area contributed by atoms with Gasteiger partial charge in [-0.3, -0.25) is 0 Å². The summed E-state index contributed by atoms with van der Waals surface area (Å²) in [6.07, 6.45) is 0. The summed E-state index contributed by atoms with van der Waals surface area (Å²) in [7, 11) is 0. The average molecular weight is 474 g/mol. The van der Waals surface area contributed by atoms with Gasteiger partial charge >= 0.3 is 0 Å². The fourth-order valence-electron chi connectivity index (χ4n) is 2.95. The number of hydrogen-bond acceptors (Lipinski definition) is 3. The molecule has 3 aromatic heterocycles. The van der Waals surface area contributed by atoms with E-state index in [-0.39, 0.29) is 0 Å². The summed E-state index contributed by atoms with van der Waals surface area (Å²) in [5, 5.41) is 1.12. The van der Waals surface area contributed by atoms with Gasteiger partial charge in [0, 0.05) is 31.5 Å². The van der Waals surface area contributed by atoms with E-state index in [0.29, 0.717) is 15.9 Å². The third kappa shape index (κ3) is 3.67. The van der Waals surface area contributed by atoms with Crippen LogP contribution < -0.4 is 0 Å². The molecule has 4 rings (SSSR count). The van der Waals surface area contributed by atoms with Crippen molar-refractivity contribution >= 4 is 69.1 Å². The molecule has 1 aromatic carbocycles. The van der Waals surface area contributed by atoms with Crippen molar-refractivity contribution in [2.75, 3.05) is 0 Å². The quantitative estimate of drug-likeness (QED) is 0.316. The highest BCUT2D eigenvalue weighted by Gasteiger charge is 2.21. The highest BCUT2D eigenvalue weighted by molar-refractivity contribution is 7.17. The first-order chi connectivity index (χ1) is 12.8. The second kappa shape index (κ2) is 7.43. The highest BCUT2D eigenvalue weighted by atomic mass is 35.5. The van der Waals surface area contributed by atoms with Gasteiger partial charge in [-0.1, -0.05) is 46.4 Å². The predicted molar refractivity (Wildman–Crippen MR) is 120 cm³/mol. The molecular weight excluding hydrogens is 462 g/mol. The molecule has 3 heterocycles. The molecule has 0 unspecified atom stereocenters. The summed E-state index contributed by atoms with van der Waals surface area (Å²) in [6, 6.07) is 9.26. The SMILES string of the molecule is Cc1sc(Cl)cc1-c1nc(-c2ccc(Cl)cc2Cl)[nH]c1-c1cc(Cl)sc1C. The van der Waals surface area contributed by atoms with Gasteiger partial charge in [-0.25, -0.2) is 4.98 Å². The molecule has 0 aliphatic heterocycles. The summed E-state index contributed by atoms with van der Waals surface area (Å²) < 4.78 is 1.46. The van der Waals surface area contributed by atoms with Gasteiger partial charge in [0.1, 0.15) is 5.82 Å². The minimum atomic E-state index is 0.537. The molecule has 2 nitrogen and oxygen atoms in total. The average Bonchev–Trinajstić information content (AvgIpc) is 3.24. The Balaban J connectivity index is 1.97. The number of thiophene rings is 2. The van der Waals surface area contributed by atoms with Gasteiger partial charge in [0.2, 0.25) is 0 Å². The summed E-state index contributed by atoms with van der Waals surface area (Å²) in [5.41, 5.74) is 4.52. The van der Waals surface area contributed by atoms with Crippen molar-refractivity contribution in [2.24, 2.45) is 0 Å². The van der Waals surface area contributed by atoms with Crippen molar-refractivity contribution in [3.63, 3.8) is 0 Å². The smallest absolute Gasteiger partial charge is 0.140 e. The molecular formula is C19H12Cl4N2S2. The zero-order chi connectivity index (χ0) is 19.3. The Labute approximate surface area is 184 Å². The van der Waals surface area contributed by atoms with Gasteiger partial charge < -0.3 is 4.98 Å². The molecule has 8 heteroatoms. The van der Waals surface area contributed by atoms with Crippen molar-refractivity contribution in [2.45, 2.75) is 13.8 Å². The predicted octanol–water partition coefficient (Wildman–Crippen LogP) is 8.76. The molecule has 0 radical (unpaired) electrons. The molecule has 0 fully saturated rings. The van der Waals surface area contributed by atoms with E-state index in [9.17, 15) is 0 Å². The van der Waals surface area contributed by atoms with Crippen molar-refractivity contribution in [1.82, 2.24) is 9.97 Å². The topological polar surface area (TPSA) is 28.7 Å². The van der Waals surface area contributed by atoms with Gasteiger partial charge in [-0.2, -0.15) is 0 Å². The maximum absolute atomic E-state index is 6.41. The van der Waals surface area contributed by atoms with Crippen LogP contribution in [0.4, 0.5) is 0 Å². The van der Waals surface area contributed by atoms with Crippen LogP contribution in [0.1, 0.15) is 9.75 Å². The number of aromatic nitrogens is 2. The van der Waals surface area contributed by atoms with Gasteiger partial charge in [0.25, 0.3) is 0 Å². The first kappa shape index (κ1) is 19.3. The molecule has 138 valence electrons. The first-order valence-corrected chi connectivity index (χ1v) is 11.1. The largest absolute Gasteiger partial charge is 0.337 e. The summed E-state index contributed by atoms with van der Waals surface area (Å²) in [4.78, 5) is 10.5. The van der Waals surface area contributed by atoms with E-state index in [1.165, 1.54) is 22.7 Å². The zero-order valence-corrected chi connectivity index (χ0v) is 18.8. The van der Waals surface area contributed by atoms with Gasteiger partial charge in [-0.05, 0) is 44.2 Å². The van der Waals surface area contributed by atoms with Crippen LogP contribution in [0.2, 0.25) is 18.7 Å².